The van der Waals surface area contributed by atoms with E-state index in [1.54, 1.807) is 6.07 Å². The normalized spacial score (nSPS) is 17.4. The molecule has 3 nitrogen and oxygen atoms in total. The van der Waals surface area contributed by atoms with E-state index in [1.165, 1.54) is 11.6 Å². The number of benzene rings is 1. The largest absolute Gasteiger partial charge is 0.356 e. The molecule has 0 unspecified atom stereocenters. The Labute approximate surface area is 106 Å². The van der Waals surface area contributed by atoms with Crippen molar-refractivity contribution >= 4 is 10.9 Å². The van der Waals surface area contributed by atoms with E-state index >= 15 is 0 Å². The smallest absolute Gasteiger partial charge is 0.147 e. The van der Waals surface area contributed by atoms with Crippen LogP contribution in [0.15, 0.2) is 18.2 Å². The van der Waals surface area contributed by atoms with Crippen molar-refractivity contribution in [2.75, 3.05) is 26.2 Å². The maximum Gasteiger partial charge on any atom is 0.147 e. The summed E-state index contributed by atoms with van der Waals surface area (Å²) in [5, 5.41) is 4.37. The van der Waals surface area contributed by atoms with Crippen LogP contribution in [0.4, 0.5) is 4.39 Å². The number of aryl methyl sites for hydroxylation is 1. The summed E-state index contributed by atoms with van der Waals surface area (Å²) in [4.78, 5) is 5.58. The molecule has 2 heterocycles. The molecule has 18 heavy (non-hydrogen) atoms. The van der Waals surface area contributed by atoms with Gasteiger partial charge in [0, 0.05) is 43.8 Å². The van der Waals surface area contributed by atoms with Gasteiger partial charge in [-0.25, -0.2) is 4.39 Å². The number of fused-ring (bicyclic) bond motifs is 1. The molecule has 1 fully saturated rings. The quantitative estimate of drug-likeness (QED) is 0.850. The van der Waals surface area contributed by atoms with Gasteiger partial charge in [0.15, 0.2) is 0 Å². The van der Waals surface area contributed by atoms with Crippen LogP contribution in [0.3, 0.4) is 0 Å². The molecule has 0 saturated carbocycles. The second kappa shape index (κ2) is 4.71. The lowest BCUT2D eigenvalue weighted by atomic mass is 10.1. The third kappa shape index (κ3) is 2.02. The molecule has 1 saturated heterocycles. The summed E-state index contributed by atoms with van der Waals surface area (Å²) < 4.78 is 13.7. The third-order valence-electron chi connectivity index (χ3n) is 3.70. The van der Waals surface area contributed by atoms with E-state index in [0.29, 0.717) is 5.52 Å². The number of rotatable bonds is 2. The second-order valence-corrected chi connectivity index (χ2v) is 4.92. The molecule has 0 spiro atoms. The number of hydrogen-bond acceptors (Lipinski definition) is 2. The highest BCUT2D eigenvalue weighted by Crippen LogP contribution is 2.25. The van der Waals surface area contributed by atoms with Crippen molar-refractivity contribution < 1.29 is 4.39 Å². The molecule has 2 N–H and O–H groups in total. The molecule has 0 radical (unpaired) electrons. The van der Waals surface area contributed by atoms with Gasteiger partial charge in [-0.2, -0.15) is 0 Å². The van der Waals surface area contributed by atoms with Crippen molar-refractivity contribution in [3.63, 3.8) is 0 Å². The first kappa shape index (κ1) is 11.7. The highest BCUT2D eigenvalue weighted by Gasteiger charge is 2.16. The zero-order chi connectivity index (χ0) is 12.5. The van der Waals surface area contributed by atoms with Gasteiger partial charge in [0.05, 0.1) is 5.52 Å². The predicted molar refractivity (Wildman–Crippen MR) is 71.1 cm³/mol. The minimum atomic E-state index is -0.165. The van der Waals surface area contributed by atoms with Gasteiger partial charge in [0.1, 0.15) is 5.82 Å². The second-order valence-electron chi connectivity index (χ2n) is 4.92. The number of nitrogens with zero attached hydrogens (tertiary/aromatic N) is 1. The molecule has 1 aliphatic heterocycles. The summed E-state index contributed by atoms with van der Waals surface area (Å²) in [5.41, 5.74) is 2.94. The fourth-order valence-electron chi connectivity index (χ4n) is 2.66. The standard InChI is InChI=1S/C14H18FN3/c1-10-12(9-18-7-5-16-6-8-18)11-3-2-4-13(15)14(11)17-10/h2-4,16-17H,5-9H2,1H3. The molecule has 3 rings (SSSR count). The molecule has 0 bridgehead atoms. The van der Waals surface area contributed by atoms with Gasteiger partial charge in [-0.05, 0) is 18.6 Å². The van der Waals surface area contributed by atoms with Crippen LogP contribution in [0.25, 0.3) is 10.9 Å². The van der Waals surface area contributed by atoms with Gasteiger partial charge in [-0.3, -0.25) is 4.90 Å². The van der Waals surface area contributed by atoms with Crippen molar-refractivity contribution in [1.82, 2.24) is 15.2 Å². The number of hydrogen-bond donors (Lipinski definition) is 2. The Kier molecular flexibility index (Phi) is 3.06. The molecule has 0 aliphatic carbocycles. The van der Waals surface area contributed by atoms with Gasteiger partial charge in [0.2, 0.25) is 0 Å². The monoisotopic (exact) mass is 247 g/mol. The number of piperazine rings is 1. The van der Waals surface area contributed by atoms with Crippen LogP contribution in [-0.4, -0.2) is 36.1 Å². The summed E-state index contributed by atoms with van der Waals surface area (Å²) in [6.07, 6.45) is 0. The molecule has 0 amide bonds. The van der Waals surface area contributed by atoms with E-state index in [1.807, 2.05) is 13.0 Å². The fourth-order valence-corrected chi connectivity index (χ4v) is 2.66. The Hall–Kier alpha value is -1.39. The van der Waals surface area contributed by atoms with Gasteiger partial charge >= 0.3 is 0 Å². The minimum absolute atomic E-state index is 0.165. The highest BCUT2D eigenvalue weighted by molar-refractivity contribution is 5.85. The highest BCUT2D eigenvalue weighted by atomic mass is 19.1. The molecule has 0 atom stereocenters. The van der Waals surface area contributed by atoms with E-state index in [9.17, 15) is 4.39 Å². The lowest BCUT2D eigenvalue weighted by Gasteiger charge is -2.27. The summed E-state index contributed by atoms with van der Waals surface area (Å²) in [6, 6.07) is 5.29. The first-order valence-electron chi connectivity index (χ1n) is 6.44. The number of aromatic nitrogens is 1. The topological polar surface area (TPSA) is 31.1 Å². The van der Waals surface area contributed by atoms with E-state index < -0.39 is 0 Å². The average molecular weight is 247 g/mol. The first-order chi connectivity index (χ1) is 8.75. The number of para-hydroxylation sites is 1. The van der Waals surface area contributed by atoms with Gasteiger partial charge in [0.25, 0.3) is 0 Å². The van der Waals surface area contributed by atoms with Crippen LogP contribution in [0, 0.1) is 12.7 Å². The van der Waals surface area contributed by atoms with Crippen molar-refractivity contribution in [3.8, 4) is 0 Å². The molecular formula is C14H18FN3. The maximum absolute atomic E-state index is 13.7. The molecule has 1 aromatic heterocycles. The van der Waals surface area contributed by atoms with Crippen LogP contribution in [-0.2, 0) is 6.54 Å². The van der Waals surface area contributed by atoms with Gasteiger partial charge in [-0.1, -0.05) is 12.1 Å². The Morgan fingerprint density at radius 3 is 2.83 bits per heavy atom. The van der Waals surface area contributed by atoms with E-state index in [2.05, 4.69) is 15.2 Å². The molecular weight excluding hydrogens is 229 g/mol. The van der Waals surface area contributed by atoms with Crippen molar-refractivity contribution in [2.45, 2.75) is 13.5 Å². The number of aromatic amines is 1. The fraction of sp³-hybridized carbons (Fsp3) is 0.429. The molecule has 2 aromatic rings. The van der Waals surface area contributed by atoms with Crippen LogP contribution in [0.1, 0.15) is 11.3 Å². The first-order valence-corrected chi connectivity index (χ1v) is 6.44. The zero-order valence-electron chi connectivity index (χ0n) is 10.6. The summed E-state index contributed by atoms with van der Waals surface area (Å²) in [6.45, 7) is 7.11. The predicted octanol–water partition coefficient (Wildman–Crippen LogP) is 2.02. The van der Waals surface area contributed by atoms with Crippen molar-refractivity contribution in [2.24, 2.45) is 0 Å². The lowest BCUT2D eigenvalue weighted by molar-refractivity contribution is 0.233. The van der Waals surface area contributed by atoms with E-state index in [0.717, 1.165) is 43.8 Å². The van der Waals surface area contributed by atoms with Crippen LogP contribution < -0.4 is 5.32 Å². The van der Waals surface area contributed by atoms with Crippen LogP contribution in [0.5, 0.6) is 0 Å². The summed E-state index contributed by atoms with van der Waals surface area (Å²) in [5.74, 6) is -0.165. The Morgan fingerprint density at radius 1 is 1.28 bits per heavy atom. The minimum Gasteiger partial charge on any atom is -0.356 e. The Morgan fingerprint density at radius 2 is 2.06 bits per heavy atom. The number of nitrogens with one attached hydrogen (secondary N) is 2. The van der Waals surface area contributed by atoms with Crippen LogP contribution >= 0.6 is 0 Å². The molecule has 1 aliphatic rings. The molecule has 96 valence electrons. The Bertz CT molecular complexity index is 555. The van der Waals surface area contributed by atoms with E-state index in [-0.39, 0.29) is 5.82 Å². The SMILES string of the molecule is Cc1[nH]c2c(F)cccc2c1CN1CCNCC1. The maximum atomic E-state index is 13.7. The summed E-state index contributed by atoms with van der Waals surface area (Å²) in [7, 11) is 0. The van der Waals surface area contributed by atoms with Gasteiger partial charge in [-0.15, -0.1) is 0 Å². The molecule has 4 heteroatoms. The molecule has 1 aromatic carbocycles. The third-order valence-corrected chi connectivity index (χ3v) is 3.70. The lowest BCUT2D eigenvalue weighted by Crippen LogP contribution is -2.42. The van der Waals surface area contributed by atoms with Crippen LogP contribution in [0.2, 0.25) is 0 Å². The van der Waals surface area contributed by atoms with Crippen molar-refractivity contribution in [1.29, 1.82) is 0 Å². The Balaban J connectivity index is 1.95. The average Bonchev–Trinajstić information content (AvgIpc) is 2.70. The summed E-state index contributed by atoms with van der Waals surface area (Å²) >= 11 is 0. The zero-order valence-corrected chi connectivity index (χ0v) is 10.6. The number of halogens is 1. The van der Waals surface area contributed by atoms with E-state index in [4.69, 9.17) is 0 Å². The van der Waals surface area contributed by atoms with Crippen molar-refractivity contribution in [3.05, 3.63) is 35.3 Å². The number of H-pyrrole nitrogens is 1. The van der Waals surface area contributed by atoms with Gasteiger partial charge < -0.3 is 10.3 Å².